The van der Waals surface area contributed by atoms with Crippen LogP contribution in [-0.4, -0.2) is 15.0 Å². The zero-order chi connectivity index (χ0) is 23.9. The second-order valence-corrected chi connectivity index (χ2v) is 7.66. The number of fused-ring (bicyclic) bond motifs is 1. The third-order valence-corrected chi connectivity index (χ3v) is 5.31. The molecule has 6 nitrogen and oxygen atoms in total. The van der Waals surface area contributed by atoms with E-state index in [2.05, 4.69) is 5.32 Å². The average molecular weight is 474 g/mol. The summed E-state index contributed by atoms with van der Waals surface area (Å²) in [6, 6.07) is 16.7. The molecule has 1 heterocycles. The first-order chi connectivity index (χ1) is 15.6. The summed E-state index contributed by atoms with van der Waals surface area (Å²) in [4.78, 5) is 38.1. The van der Waals surface area contributed by atoms with Gasteiger partial charge in [0.15, 0.2) is 0 Å². The van der Waals surface area contributed by atoms with Gasteiger partial charge in [0, 0.05) is 23.7 Å². The minimum Gasteiger partial charge on any atom is -0.320 e. The van der Waals surface area contributed by atoms with Crippen LogP contribution in [0.4, 0.5) is 18.9 Å². The second-order valence-electron chi connectivity index (χ2n) is 7.22. The second kappa shape index (κ2) is 8.25. The van der Waals surface area contributed by atoms with Crippen LogP contribution in [0.5, 0.6) is 0 Å². The number of amides is 1. The zero-order valence-electron chi connectivity index (χ0n) is 17.0. The first-order valence-corrected chi connectivity index (χ1v) is 9.94. The molecule has 0 aliphatic rings. The van der Waals surface area contributed by atoms with Crippen LogP contribution in [0.2, 0.25) is 5.02 Å². The molecule has 0 radical (unpaired) electrons. The van der Waals surface area contributed by atoms with Crippen molar-refractivity contribution in [1.29, 1.82) is 0 Å². The Bertz CT molecular complexity index is 1520. The maximum atomic E-state index is 13.2. The van der Waals surface area contributed by atoms with E-state index in [0.717, 1.165) is 17.8 Å². The van der Waals surface area contributed by atoms with E-state index in [1.807, 2.05) is 24.3 Å². The maximum absolute atomic E-state index is 13.2. The van der Waals surface area contributed by atoms with Gasteiger partial charge in [0.2, 0.25) is 0 Å². The van der Waals surface area contributed by atoms with Gasteiger partial charge in [-0.05, 0) is 41.1 Å². The lowest BCUT2D eigenvalue weighted by Gasteiger charge is -2.16. The summed E-state index contributed by atoms with van der Waals surface area (Å²) in [5.41, 5.74) is -3.64. The summed E-state index contributed by atoms with van der Waals surface area (Å²) in [7, 11) is 0.907. The van der Waals surface area contributed by atoms with Crippen LogP contribution in [0, 0.1) is 0 Å². The number of carbonyl (C=O) groups is 1. The van der Waals surface area contributed by atoms with Crippen LogP contribution >= 0.6 is 11.6 Å². The van der Waals surface area contributed by atoms with E-state index >= 15 is 0 Å². The molecule has 0 atom stereocenters. The molecule has 0 fully saturated rings. The van der Waals surface area contributed by atoms with Gasteiger partial charge in [0.25, 0.3) is 11.5 Å². The number of halogens is 4. The molecule has 1 amide bonds. The summed E-state index contributed by atoms with van der Waals surface area (Å²) in [5, 5.41) is 4.53. The monoisotopic (exact) mass is 473 g/mol. The smallest absolute Gasteiger partial charge is 0.320 e. The van der Waals surface area contributed by atoms with Crippen LogP contribution in [0.25, 0.3) is 16.5 Å². The molecule has 0 bridgehead atoms. The molecule has 3 aromatic carbocycles. The first-order valence-electron chi connectivity index (χ1n) is 9.56. The molecule has 0 saturated heterocycles. The predicted molar refractivity (Wildman–Crippen MR) is 119 cm³/mol. The molecule has 0 aliphatic carbocycles. The van der Waals surface area contributed by atoms with Gasteiger partial charge in [-0.1, -0.05) is 41.9 Å². The number of alkyl halides is 3. The Morgan fingerprint density at radius 1 is 0.939 bits per heavy atom. The molecular formula is C23H15ClF3N3O3. The quantitative estimate of drug-likeness (QED) is 0.472. The number of benzene rings is 3. The highest BCUT2D eigenvalue weighted by atomic mass is 35.5. The average Bonchev–Trinajstić information content (AvgIpc) is 2.76. The Kier molecular flexibility index (Phi) is 5.59. The van der Waals surface area contributed by atoms with Crippen molar-refractivity contribution in [3.8, 4) is 5.69 Å². The highest BCUT2D eigenvalue weighted by Crippen LogP contribution is 2.28. The van der Waals surface area contributed by atoms with Gasteiger partial charge >= 0.3 is 11.9 Å². The van der Waals surface area contributed by atoms with Crippen molar-refractivity contribution >= 4 is 34.0 Å². The number of nitrogens with zero attached hydrogens (tertiary/aromatic N) is 2. The molecule has 10 heteroatoms. The van der Waals surface area contributed by atoms with Gasteiger partial charge in [0.1, 0.15) is 5.69 Å². The third kappa shape index (κ3) is 4.27. The van der Waals surface area contributed by atoms with Gasteiger partial charge in [0.05, 0.1) is 11.4 Å². The number of rotatable bonds is 3. The van der Waals surface area contributed by atoms with Crippen molar-refractivity contribution in [3.63, 3.8) is 0 Å². The van der Waals surface area contributed by atoms with Crippen molar-refractivity contribution < 1.29 is 18.0 Å². The number of carbonyl (C=O) groups excluding carboxylic acids is 1. The molecule has 0 saturated carbocycles. The predicted octanol–water partition coefficient (Wildman–Crippen LogP) is 4.61. The van der Waals surface area contributed by atoms with Crippen LogP contribution in [0.3, 0.4) is 0 Å². The Balaban J connectivity index is 1.81. The van der Waals surface area contributed by atoms with Gasteiger partial charge in [-0.25, -0.2) is 9.36 Å². The topological polar surface area (TPSA) is 73.1 Å². The van der Waals surface area contributed by atoms with Gasteiger partial charge < -0.3 is 5.32 Å². The molecule has 0 unspecified atom stereocenters. The fourth-order valence-corrected chi connectivity index (χ4v) is 3.62. The van der Waals surface area contributed by atoms with Gasteiger partial charge in [-0.2, -0.15) is 13.2 Å². The van der Waals surface area contributed by atoms with E-state index in [1.165, 1.54) is 18.2 Å². The molecule has 1 aromatic heterocycles. The highest BCUT2D eigenvalue weighted by molar-refractivity contribution is 6.31. The van der Waals surface area contributed by atoms with Crippen LogP contribution in [0.15, 0.2) is 76.3 Å². The number of anilines is 1. The fourth-order valence-electron chi connectivity index (χ4n) is 3.45. The van der Waals surface area contributed by atoms with Crippen LogP contribution in [-0.2, 0) is 13.2 Å². The Morgan fingerprint density at radius 2 is 1.64 bits per heavy atom. The zero-order valence-corrected chi connectivity index (χ0v) is 17.7. The van der Waals surface area contributed by atoms with Crippen molar-refractivity contribution in [2.24, 2.45) is 7.05 Å². The van der Waals surface area contributed by atoms with Crippen molar-refractivity contribution in [3.05, 3.63) is 104 Å². The SMILES string of the molecule is Cn1c(C(F)(F)F)cc(=O)n(-c2ccc(Cl)cc2NC(=O)c2ccc3ccccc3c2)c1=O. The normalized spacial score (nSPS) is 11.5. The summed E-state index contributed by atoms with van der Waals surface area (Å²) >= 11 is 6.04. The molecule has 1 N–H and O–H groups in total. The Labute approximate surface area is 189 Å². The number of hydrogen-bond acceptors (Lipinski definition) is 3. The van der Waals surface area contributed by atoms with E-state index in [1.54, 1.807) is 18.2 Å². The minimum absolute atomic E-state index is 0.0142. The summed E-state index contributed by atoms with van der Waals surface area (Å²) in [5.74, 6) is -0.555. The highest BCUT2D eigenvalue weighted by Gasteiger charge is 2.35. The molecule has 33 heavy (non-hydrogen) atoms. The molecule has 168 valence electrons. The standard InChI is InChI=1S/C23H15ClF3N3O3/c1-29-19(23(25,26)27)12-20(31)30(22(29)33)18-9-8-16(24)11-17(18)28-21(32)15-7-6-13-4-2-3-5-14(13)10-15/h2-12H,1H3,(H,28,32). The van der Waals surface area contributed by atoms with E-state index in [-0.39, 0.29) is 16.4 Å². The summed E-state index contributed by atoms with van der Waals surface area (Å²) < 4.78 is 40.4. The first kappa shape index (κ1) is 22.3. The van der Waals surface area contributed by atoms with Gasteiger partial charge in [-0.15, -0.1) is 0 Å². The van der Waals surface area contributed by atoms with Crippen LogP contribution < -0.4 is 16.6 Å². The number of aromatic nitrogens is 2. The van der Waals surface area contributed by atoms with E-state index in [0.29, 0.717) is 20.8 Å². The Hall–Kier alpha value is -3.85. The number of nitrogens with one attached hydrogen (secondary N) is 1. The maximum Gasteiger partial charge on any atom is 0.431 e. The van der Waals surface area contributed by atoms with Crippen molar-refractivity contribution in [2.75, 3.05) is 5.32 Å². The molecule has 4 rings (SSSR count). The Morgan fingerprint density at radius 3 is 2.33 bits per heavy atom. The molecule has 4 aromatic rings. The lowest BCUT2D eigenvalue weighted by Crippen LogP contribution is -2.41. The minimum atomic E-state index is -4.89. The number of hydrogen-bond donors (Lipinski definition) is 1. The molecule has 0 aliphatic heterocycles. The molecular weight excluding hydrogens is 459 g/mol. The van der Waals surface area contributed by atoms with Crippen molar-refractivity contribution in [2.45, 2.75) is 6.18 Å². The largest absolute Gasteiger partial charge is 0.431 e. The van der Waals surface area contributed by atoms with Gasteiger partial charge in [-0.3, -0.25) is 14.2 Å². The van der Waals surface area contributed by atoms with Crippen LogP contribution in [0.1, 0.15) is 16.1 Å². The van der Waals surface area contributed by atoms with E-state index < -0.39 is 29.0 Å². The van der Waals surface area contributed by atoms with Crippen molar-refractivity contribution in [1.82, 2.24) is 9.13 Å². The fraction of sp³-hybridized carbons (Fsp3) is 0.0870. The lowest BCUT2D eigenvalue weighted by molar-refractivity contribution is -0.144. The molecule has 0 spiro atoms. The third-order valence-electron chi connectivity index (χ3n) is 5.07. The summed E-state index contributed by atoms with van der Waals surface area (Å²) in [6.07, 6.45) is -4.89. The summed E-state index contributed by atoms with van der Waals surface area (Å²) in [6.45, 7) is 0. The van der Waals surface area contributed by atoms with E-state index in [9.17, 15) is 27.6 Å². The lowest BCUT2D eigenvalue weighted by atomic mass is 10.1. The van der Waals surface area contributed by atoms with E-state index in [4.69, 9.17) is 11.6 Å².